The van der Waals surface area contributed by atoms with Crippen molar-refractivity contribution in [1.29, 1.82) is 0 Å². The summed E-state index contributed by atoms with van der Waals surface area (Å²) in [6, 6.07) is 14.3. The number of fused-ring (bicyclic) bond motifs is 1. The van der Waals surface area contributed by atoms with Gasteiger partial charge in [-0.05, 0) is 61.5 Å². The van der Waals surface area contributed by atoms with Gasteiger partial charge in [-0.25, -0.2) is 4.39 Å². The standard InChI is InChI=1S/C28H32FN5O3S/c1-32-28-22(26(31-32)19-5-10-23(36-2)24(17-19)37-3)18-25(38-28)27(35)30-11-4-12-33-13-15-34(16-14-33)21-8-6-20(29)7-9-21/h5-10,17-18H,4,11-16H2,1-3H3,(H,30,35). The number of methoxy groups -OCH3 is 2. The van der Waals surface area contributed by atoms with Crippen molar-refractivity contribution < 1.29 is 18.7 Å². The highest BCUT2D eigenvalue weighted by Crippen LogP contribution is 2.37. The average molecular weight is 538 g/mol. The highest BCUT2D eigenvalue weighted by Gasteiger charge is 2.20. The van der Waals surface area contributed by atoms with Crippen molar-refractivity contribution in [2.75, 3.05) is 58.4 Å². The molecule has 5 rings (SSSR count). The number of hydrogen-bond acceptors (Lipinski definition) is 7. The number of ether oxygens (including phenoxy) is 2. The lowest BCUT2D eigenvalue weighted by Gasteiger charge is -2.36. The predicted octanol–water partition coefficient (Wildman–Crippen LogP) is 4.40. The fraction of sp³-hybridized carbons (Fsp3) is 0.357. The molecule has 38 heavy (non-hydrogen) atoms. The molecule has 0 bridgehead atoms. The molecule has 1 saturated heterocycles. The molecular weight excluding hydrogens is 505 g/mol. The molecule has 0 spiro atoms. The van der Waals surface area contributed by atoms with Crippen LogP contribution < -0.4 is 19.7 Å². The topological polar surface area (TPSA) is 71.9 Å². The molecule has 2 aromatic heterocycles. The highest BCUT2D eigenvalue weighted by atomic mass is 32.1. The number of anilines is 1. The first-order valence-electron chi connectivity index (χ1n) is 12.7. The van der Waals surface area contributed by atoms with Gasteiger partial charge in [0.05, 0.1) is 19.1 Å². The van der Waals surface area contributed by atoms with Gasteiger partial charge < -0.3 is 19.7 Å². The van der Waals surface area contributed by atoms with E-state index in [-0.39, 0.29) is 11.7 Å². The van der Waals surface area contributed by atoms with E-state index in [0.717, 1.165) is 66.3 Å². The molecule has 4 aromatic rings. The first-order valence-corrected chi connectivity index (χ1v) is 13.5. The molecule has 1 fully saturated rings. The number of thiophene rings is 1. The van der Waals surface area contributed by atoms with Crippen molar-refractivity contribution in [3.8, 4) is 22.8 Å². The van der Waals surface area contributed by atoms with E-state index in [1.165, 1.54) is 23.5 Å². The minimum absolute atomic E-state index is 0.0643. The van der Waals surface area contributed by atoms with Gasteiger partial charge in [-0.2, -0.15) is 5.10 Å². The van der Waals surface area contributed by atoms with Crippen LogP contribution in [0.2, 0.25) is 0 Å². The monoisotopic (exact) mass is 537 g/mol. The molecule has 0 aliphatic carbocycles. The van der Waals surface area contributed by atoms with E-state index in [1.807, 2.05) is 48.1 Å². The minimum Gasteiger partial charge on any atom is -0.493 e. The summed E-state index contributed by atoms with van der Waals surface area (Å²) >= 11 is 1.44. The number of benzene rings is 2. The number of piperazine rings is 1. The summed E-state index contributed by atoms with van der Waals surface area (Å²) < 4.78 is 25.8. The predicted molar refractivity (Wildman–Crippen MR) is 149 cm³/mol. The van der Waals surface area contributed by atoms with Gasteiger partial charge in [0.1, 0.15) is 16.3 Å². The van der Waals surface area contributed by atoms with Crippen LogP contribution in [0.15, 0.2) is 48.5 Å². The van der Waals surface area contributed by atoms with Crippen molar-refractivity contribution in [3.63, 3.8) is 0 Å². The van der Waals surface area contributed by atoms with Crippen LogP contribution >= 0.6 is 11.3 Å². The van der Waals surface area contributed by atoms with Crippen LogP contribution in [0, 0.1) is 5.82 Å². The van der Waals surface area contributed by atoms with Gasteiger partial charge in [0.15, 0.2) is 11.5 Å². The van der Waals surface area contributed by atoms with E-state index in [1.54, 1.807) is 14.2 Å². The Morgan fingerprint density at radius 3 is 2.47 bits per heavy atom. The van der Waals surface area contributed by atoms with E-state index >= 15 is 0 Å². The fourth-order valence-corrected chi connectivity index (χ4v) is 5.81. The zero-order valence-electron chi connectivity index (χ0n) is 21.9. The molecule has 0 saturated carbocycles. The molecule has 1 aliphatic heterocycles. The maximum Gasteiger partial charge on any atom is 0.261 e. The smallest absolute Gasteiger partial charge is 0.261 e. The van der Waals surface area contributed by atoms with Gasteiger partial charge in [-0.1, -0.05) is 0 Å². The highest BCUT2D eigenvalue weighted by molar-refractivity contribution is 7.20. The molecule has 0 atom stereocenters. The average Bonchev–Trinajstić information content (AvgIpc) is 3.52. The summed E-state index contributed by atoms with van der Waals surface area (Å²) in [4.78, 5) is 19.2. The Labute approximate surface area is 225 Å². The summed E-state index contributed by atoms with van der Waals surface area (Å²) in [5, 5.41) is 8.69. The third-order valence-electron chi connectivity index (χ3n) is 6.89. The number of hydrogen-bond donors (Lipinski definition) is 1. The number of rotatable bonds is 9. The largest absolute Gasteiger partial charge is 0.493 e. The molecule has 3 heterocycles. The quantitative estimate of drug-likeness (QED) is 0.319. The van der Waals surface area contributed by atoms with Crippen molar-refractivity contribution in [2.45, 2.75) is 6.42 Å². The van der Waals surface area contributed by atoms with Crippen LogP contribution in [0.4, 0.5) is 10.1 Å². The zero-order valence-corrected chi connectivity index (χ0v) is 22.7. The number of aromatic nitrogens is 2. The SMILES string of the molecule is COc1ccc(-c2nn(C)c3sc(C(=O)NCCCN4CCN(c5ccc(F)cc5)CC4)cc23)cc1OC. The van der Waals surface area contributed by atoms with Crippen LogP contribution in [0.3, 0.4) is 0 Å². The van der Waals surface area contributed by atoms with Gasteiger partial charge in [0, 0.05) is 56.4 Å². The third-order valence-corrected chi connectivity index (χ3v) is 8.09. The van der Waals surface area contributed by atoms with E-state index in [9.17, 15) is 9.18 Å². The first-order chi connectivity index (χ1) is 18.5. The van der Waals surface area contributed by atoms with Crippen LogP contribution in [0.5, 0.6) is 11.5 Å². The van der Waals surface area contributed by atoms with E-state index < -0.39 is 0 Å². The maximum absolute atomic E-state index is 13.2. The number of nitrogens with zero attached hydrogens (tertiary/aromatic N) is 4. The third kappa shape index (κ3) is 5.46. The van der Waals surface area contributed by atoms with Gasteiger partial charge in [-0.15, -0.1) is 11.3 Å². The van der Waals surface area contributed by atoms with Gasteiger partial charge in [0.2, 0.25) is 0 Å². The van der Waals surface area contributed by atoms with Crippen molar-refractivity contribution in [2.24, 2.45) is 7.05 Å². The van der Waals surface area contributed by atoms with E-state index in [0.29, 0.717) is 22.9 Å². The Kier molecular flexibility index (Phi) is 7.80. The molecule has 8 nitrogen and oxygen atoms in total. The minimum atomic E-state index is -0.208. The lowest BCUT2D eigenvalue weighted by atomic mass is 10.1. The van der Waals surface area contributed by atoms with Crippen molar-refractivity contribution in [1.82, 2.24) is 20.0 Å². The lowest BCUT2D eigenvalue weighted by molar-refractivity contribution is 0.0955. The lowest BCUT2D eigenvalue weighted by Crippen LogP contribution is -2.47. The summed E-state index contributed by atoms with van der Waals surface area (Å²) in [5.41, 5.74) is 2.77. The summed E-state index contributed by atoms with van der Waals surface area (Å²) in [6.45, 7) is 5.27. The molecule has 1 N–H and O–H groups in total. The number of carbonyl (C=O) groups excluding carboxylic acids is 1. The Morgan fingerprint density at radius 2 is 1.76 bits per heavy atom. The Morgan fingerprint density at radius 1 is 1.03 bits per heavy atom. The van der Waals surface area contributed by atoms with E-state index in [4.69, 9.17) is 9.47 Å². The molecule has 0 unspecified atom stereocenters. The van der Waals surface area contributed by atoms with Crippen molar-refractivity contribution in [3.05, 3.63) is 59.2 Å². The van der Waals surface area contributed by atoms with E-state index in [2.05, 4.69) is 20.2 Å². The molecular formula is C28H32FN5O3S. The number of aryl methyl sites for hydroxylation is 1. The van der Waals surface area contributed by atoms with Crippen LogP contribution in [-0.4, -0.2) is 74.1 Å². The molecule has 2 aromatic carbocycles. The molecule has 10 heteroatoms. The second-order valence-corrected chi connectivity index (χ2v) is 10.3. The Hall–Kier alpha value is -3.63. The summed E-state index contributed by atoms with van der Waals surface area (Å²) in [6.07, 6.45) is 0.881. The number of nitrogens with one attached hydrogen (secondary N) is 1. The van der Waals surface area contributed by atoms with Crippen LogP contribution in [0.1, 0.15) is 16.1 Å². The van der Waals surface area contributed by atoms with Gasteiger partial charge in [-0.3, -0.25) is 14.4 Å². The second-order valence-electron chi connectivity index (χ2n) is 9.29. The Bertz CT molecular complexity index is 1410. The second kappa shape index (κ2) is 11.4. The number of amides is 1. The maximum atomic E-state index is 13.2. The number of halogens is 1. The Balaban J connectivity index is 1.15. The molecule has 1 amide bonds. The molecule has 200 valence electrons. The van der Waals surface area contributed by atoms with Crippen LogP contribution in [0.25, 0.3) is 21.5 Å². The molecule has 1 aliphatic rings. The summed E-state index contributed by atoms with van der Waals surface area (Å²) in [7, 11) is 5.10. The first kappa shape index (κ1) is 26.0. The number of carbonyl (C=O) groups is 1. The van der Waals surface area contributed by atoms with Crippen molar-refractivity contribution >= 4 is 33.1 Å². The normalized spacial score (nSPS) is 14.2. The van der Waals surface area contributed by atoms with Gasteiger partial charge >= 0.3 is 0 Å². The van der Waals surface area contributed by atoms with Crippen LogP contribution in [-0.2, 0) is 7.05 Å². The molecule has 0 radical (unpaired) electrons. The van der Waals surface area contributed by atoms with Gasteiger partial charge in [0.25, 0.3) is 5.91 Å². The fourth-order valence-electron chi connectivity index (χ4n) is 4.82. The summed E-state index contributed by atoms with van der Waals surface area (Å²) in [5.74, 6) is 1.02. The zero-order chi connectivity index (χ0) is 26.6.